The Morgan fingerprint density at radius 3 is 2.24 bits per heavy atom. The molecule has 1 atom stereocenters. The summed E-state index contributed by atoms with van der Waals surface area (Å²) in [6.07, 6.45) is 0.742. The summed E-state index contributed by atoms with van der Waals surface area (Å²) in [6, 6.07) is 20.1. The van der Waals surface area contributed by atoms with Gasteiger partial charge in [-0.1, -0.05) is 48.5 Å². The van der Waals surface area contributed by atoms with E-state index in [0.717, 1.165) is 23.8 Å². The molecule has 0 aliphatic heterocycles. The number of hydrogen-bond acceptors (Lipinski definition) is 3. The molecule has 0 saturated heterocycles. The van der Waals surface area contributed by atoms with Crippen molar-refractivity contribution >= 4 is 0 Å². The Morgan fingerprint density at radius 1 is 0.952 bits per heavy atom. The largest absolute Gasteiger partial charge is 0.321 e. The van der Waals surface area contributed by atoms with Crippen molar-refractivity contribution in [3.8, 4) is 5.69 Å². The lowest BCUT2D eigenvalue weighted by molar-refractivity contribution is 0.648. The van der Waals surface area contributed by atoms with Gasteiger partial charge in [0.1, 0.15) is 5.82 Å². The molecule has 106 valence electrons. The standard InChI is InChI=1S/C17H18N4/c1-13-19-20-17(21(13)15-10-6-3-7-11-15)16(18)12-14-8-4-2-5-9-14/h2-11,16H,12,18H2,1H3/t16-/m1/s1. The van der Waals surface area contributed by atoms with Crippen molar-refractivity contribution in [2.45, 2.75) is 19.4 Å². The van der Waals surface area contributed by atoms with Gasteiger partial charge in [-0.3, -0.25) is 4.57 Å². The van der Waals surface area contributed by atoms with Gasteiger partial charge < -0.3 is 5.73 Å². The second-order valence-electron chi connectivity index (χ2n) is 5.07. The van der Waals surface area contributed by atoms with E-state index in [0.29, 0.717) is 0 Å². The highest BCUT2D eigenvalue weighted by molar-refractivity contribution is 5.34. The minimum Gasteiger partial charge on any atom is -0.321 e. The van der Waals surface area contributed by atoms with Crippen molar-refractivity contribution in [1.82, 2.24) is 14.8 Å². The highest BCUT2D eigenvalue weighted by atomic mass is 15.3. The molecule has 0 radical (unpaired) electrons. The SMILES string of the molecule is Cc1nnc([C@H](N)Cc2ccccc2)n1-c1ccccc1. The van der Waals surface area contributed by atoms with E-state index in [1.807, 2.05) is 60.0 Å². The molecule has 4 heteroatoms. The molecule has 0 aliphatic rings. The van der Waals surface area contributed by atoms with E-state index in [1.165, 1.54) is 5.56 Å². The second-order valence-corrected chi connectivity index (χ2v) is 5.07. The molecule has 0 unspecified atom stereocenters. The van der Waals surface area contributed by atoms with Crippen LogP contribution >= 0.6 is 0 Å². The molecular weight excluding hydrogens is 260 g/mol. The summed E-state index contributed by atoms with van der Waals surface area (Å²) in [5.74, 6) is 1.64. The molecule has 3 aromatic rings. The van der Waals surface area contributed by atoms with Crippen LogP contribution < -0.4 is 5.73 Å². The maximum atomic E-state index is 6.36. The van der Waals surface area contributed by atoms with Gasteiger partial charge in [-0.15, -0.1) is 10.2 Å². The van der Waals surface area contributed by atoms with Crippen LogP contribution in [0.5, 0.6) is 0 Å². The zero-order valence-corrected chi connectivity index (χ0v) is 12.0. The predicted octanol–water partition coefficient (Wildman–Crippen LogP) is 2.82. The number of aromatic nitrogens is 3. The summed E-state index contributed by atoms with van der Waals surface area (Å²) in [5.41, 5.74) is 8.59. The lowest BCUT2D eigenvalue weighted by atomic mass is 10.1. The first-order valence-electron chi connectivity index (χ1n) is 7.02. The van der Waals surface area contributed by atoms with Crippen molar-refractivity contribution in [1.29, 1.82) is 0 Å². The van der Waals surface area contributed by atoms with Crippen molar-refractivity contribution in [3.63, 3.8) is 0 Å². The molecule has 0 spiro atoms. The summed E-state index contributed by atoms with van der Waals surface area (Å²) < 4.78 is 2.02. The summed E-state index contributed by atoms with van der Waals surface area (Å²) in [5, 5.41) is 8.46. The molecule has 1 aromatic heterocycles. The van der Waals surface area contributed by atoms with Crippen LogP contribution in [0.3, 0.4) is 0 Å². The number of para-hydroxylation sites is 1. The van der Waals surface area contributed by atoms with Gasteiger partial charge in [0.15, 0.2) is 5.82 Å². The molecule has 2 N–H and O–H groups in total. The zero-order valence-electron chi connectivity index (χ0n) is 12.0. The predicted molar refractivity (Wildman–Crippen MR) is 83.2 cm³/mol. The van der Waals surface area contributed by atoms with Crippen molar-refractivity contribution in [2.24, 2.45) is 5.73 Å². The molecule has 0 aliphatic carbocycles. The zero-order chi connectivity index (χ0) is 14.7. The fraction of sp³-hybridized carbons (Fsp3) is 0.176. The smallest absolute Gasteiger partial charge is 0.154 e. The first-order chi connectivity index (χ1) is 10.3. The van der Waals surface area contributed by atoms with Gasteiger partial charge in [-0.05, 0) is 31.0 Å². The van der Waals surface area contributed by atoms with E-state index in [9.17, 15) is 0 Å². The maximum absolute atomic E-state index is 6.36. The highest BCUT2D eigenvalue weighted by Crippen LogP contribution is 2.19. The number of nitrogens with two attached hydrogens (primary N) is 1. The van der Waals surface area contributed by atoms with E-state index in [-0.39, 0.29) is 6.04 Å². The van der Waals surface area contributed by atoms with Gasteiger partial charge in [-0.25, -0.2) is 0 Å². The Kier molecular flexibility index (Phi) is 3.79. The van der Waals surface area contributed by atoms with Crippen LogP contribution in [0.15, 0.2) is 60.7 Å². The van der Waals surface area contributed by atoms with Gasteiger partial charge in [0.25, 0.3) is 0 Å². The van der Waals surface area contributed by atoms with E-state index in [4.69, 9.17) is 5.73 Å². The lowest BCUT2D eigenvalue weighted by Crippen LogP contribution is -2.19. The van der Waals surface area contributed by atoms with E-state index in [2.05, 4.69) is 22.3 Å². The number of aryl methyl sites for hydroxylation is 1. The van der Waals surface area contributed by atoms with Crippen LogP contribution in [-0.2, 0) is 6.42 Å². The molecule has 4 nitrogen and oxygen atoms in total. The van der Waals surface area contributed by atoms with Crippen LogP contribution in [-0.4, -0.2) is 14.8 Å². The van der Waals surface area contributed by atoms with Gasteiger partial charge in [0.2, 0.25) is 0 Å². The third-order valence-electron chi connectivity index (χ3n) is 3.49. The minimum atomic E-state index is -0.186. The molecule has 0 saturated carbocycles. The average Bonchev–Trinajstić information content (AvgIpc) is 2.91. The van der Waals surface area contributed by atoms with Crippen LogP contribution in [0.2, 0.25) is 0 Å². The first-order valence-corrected chi connectivity index (χ1v) is 7.02. The van der Waals surface area contributed by atoms with Gasteiger partial charge in [0.05, 0.1) is 6.04 Å². The van der Waals surface area contributed by atoms with Crippen molar-refractivity contribution in [3.05, 3.63) is 77.9 Å². The number of benzene rings is 2. The highest BCUT2D eigenvalue weighted by Gasteiger charge is 2.17. The number of nitrogens with zero attached hydrogens (tertiary/aromatic N) is 3. The van der Waals surface area contributed by atoms with Gasteiger partial charge in [-0.2, -0.15) is 0 Å². The number of hydrogen-bond donors (Lipinski definition) is 1. The van der Waals surface area contributed by atoms with Crippen LogP contribution in [0.1, 0.15) is 23.3 Å². The lowest BCUT2D eigenvalue weighted by Gasteiger charge is -2.14. The van der Waals surface area contributed by atoms with Crippen LogP contribution in [0, 0.1) is 6.92 Å². The fourth-order valence-electron chi connectivity index (χ4n) is 2.47. The molecule has 21 heavy (non-hydrogen) atoms. The van der Waals surface area contributed by atoms with Gasteiger partial charge >= 0.3 is 0 Å². The third-order valence-corrected chi connectivity index (χ3v) is 3.49. The van der Waals surface area contributed by atoms with Crippen molar-refractivity contribution in [2.75, 3.05) is 0 Å². The summed E-state index contributed by atoms with van der Waals surface area (Å²) in [6.45, 7) is 1.94. The molecule has 1 heterocycles. The van der Waals surface area contributed by atoms with Crippen molar-refractivity contribution < 1.29 is 0 Å². The summed E-state index contributed by atoms with van der Waals surface area (Å²) in [4.78, 5) is 0. The Labute approximate surface area is 124 Å². The van der Waals surface area contributed by atoms with Crippen LogP contribution in [0.4, 0.5) is 0 Å². The molecule has 3 rings (SSSR count). The fourth-order valence-corrected chi connectivity index (χ4v) is 2.47. The monoisotopic (exact) mass is 278 g/mol. The topological polar surface area (TPSA) is 56.7 Å². The second kappa shape index (κ2) is 5.89. The van der Waals surface area contributed by atoms with Crippen LogP contribution in [0.25, 0.3) is 5.69 Å². The Balaban J connectivity index is 1.93. The Bertz CT molecular complexity index is 704. The summed E-state index contributed by atoms with van der Waals surface area (Å²) >= 11 is 0. The quantitative estimate of drug-likeness (QED) is 0.798. The minimum absolute atomic E-state index is 0.186. The summed E-state index contributed by atoms with van der Waals surface area (Å²) in [7, 11) is 0. The molecule has 0 fully saturated rings. The van der Waals surface area contributed by atoms with E-state index >= 15 is 0 Å². The molecule has 2 aromatic carbocycles. The Morgan fingerprint density at radius 2 is 1.57 bits per heavy atom. The maximum Gasteiger partial charge on any atom is 0.154 e. The van der Waals surface area contributed by atoms with E-state index in [1.54, 1.807) is 0 Å². The molecular formula is C17H18N4. The van der Waals surface area contributed by atoms with E-state index < -0.39 is 0 Å². The van der Waals surface area contributed by atoms with Gasteiger partial charge in [0, 0.05) is 5.69 Å². The third kappa shape index (κ3) is 2.85. The average molecular weight is 278 g/mol. The normalized spacial score (nSPS) is 12.3. The molecule has 0 amide bonds. The molecule has 0 bridgehead atoms. The number of rotatable bonds is 4. The first kappa shape index (κ1) is 13.5. The Hall–Kier alpha value is -2.46.